The first-order valence-corrected chi connectivity index (χ1v) is 8.00. The summed E-state index contributed by atoms with van der Waals surface area (Å²) in [4.78, 5) is 0. The summed E-state index contributed by atoms with van der Waals surface area (Å²) in [7, 11) is 4.09. The normalized spacial score (nSPS) is 21.6. The smallest absolute Gasteiger partial charge is 0.0901 e. The molecule has 0 amide bonds. The van der Waals surface area contributed by atoms with Crippen LogP contribution in [0.5, 0.6) is 0 Å². The number of aryl methyl sites for hydroxylation is 3. The Labute approximate surface area is 132 Å². The fraction of sp³-hybridized carbons (Fsp3) is 0.588. The standard InChI is InChI=1S/C17H26N4O/c1-12-16(13(2)21(4)19-12)17-14(7-9-22-17)10-18-11-15-6-5-8-20(15)3/h5-6,8,14,17-18H,7,9-11H2,1-4H3/t14-,17-/m1/s1. The van der Waals surface area contributed by atoms with Crippen LogP contribution in [-0.2, 0) is 25.4 Å². The van der Waals surface area contributed by atoms with Gasteiger partial charge >= 0.3 is 0 Å². The summed E-state index contributed by atoms with van der Waals surface area (Å²) in [6, 6.07) is 4.24. The van der Waals surface area contributed by atoms with Crippen LogP contribution < -0.4 is 5.32 Å². The van der Waals surface area contributed by atoms with Crippen LogP contribution in [0.3, 0.4) is 0 Å². The second-order valence-electron chi connectivity index (χ2n) is 6.29. The molecule has 5 heteroatoms. The summed E-state index contributed by atoms with van der Waals surface area (Å²) in [5, 5.41) is 8.12. The van der Waals surface area contributed by atoms with Gasteiger partial charge in [0.25, 0.3) is 0 Å². The molecule has 0 bridgehead atoms. The van der Waals surface area contributed by atoms with Gasteiger partial charge in [-0.1, -0.05) is 0 Å². The summed E-state index contributed by atoms with van der Waals surface area (Å²) in [6.07, 6.45) is 3.37. The van der Waals surface area contributed by atoms with Gasteiger partial charge in [-0.25, -0.2) is 0 Å². The Balaban J connectivity index is 1.65. The maximum atomic E-state index is 6.04. The van der Waals surface area contributed by atoms with Crippen molar-refractivity contribution >= 4 is 0 Å². The van der Waals surface area contributed by atoms with Gasteiger partial charge in [-0.2, -0.15) is 5.10 Å². The van der Waals surface area contributed by atoms with E-state index in [9.17, 15) is 0 Å². The quantitative estimate of drug-likeness (QED) is 0.921. The van der Waals surface area contributed by atoms with Crippen molar-refractivity contribution in [2.75, 3.05) is 13.2 Å². The van der Waals surface area contributed by atoms with E-state index in [0.29, 0.717) is 5.92 Å². The van der Waals surface area contributed by atoms with E-state index in [2.05, 4.69) is 54.2 Å². The van der Waals surface area contributed by atoms with Gasteiger partial charge in [0.05, 0.1) is 11.8 Å². The third-order valence-corrected chi connectivity index (χ3v) is 4.83. The molecule has 22 heavy (non-hydrogen) atoms. The highest BCUT2D eigenvalue weighted by atomic mass is 16.5. The topological polar surface area (TPSA) is 44.0 Å². The monoisotopic (exact) mass is 302 g/mol. The first-order valence-electron chi connectivity index (χ1n) is 8.00. The molecule has 2 aromatic heterocycles. The molecular weight excluding hydrogens is 276 g/mol. The molecule has 1 aliphatic rings. The predicted molar refractivity (Wildman–Crippen MR) is 86.6 cm³/mol. The Morgan fingerprint density at radius 3 is 2.82 bits per heavy atom. The lowest BCUT2D eigenvalue weighted by Gasteiger charge is -2.20. The molecular formula is C17H26N4O. The molecule has 2 aromatic rings. The van der Waals surface area contributed by atoms with Crippen molar-refractivity contribution in [2.24, 2.45) is 20.0 Å². The maximum absolute atomic E-state index is 6.04. The number of rotatable bonds is 5. The highest BCUT2D eigenvalue weighted by Crippen LogP contribution is 2.37. The van der Waals surface area contributed by atoms with E-state index in [1.54, 1.807) is 0 Å². The van der Waals surface area contributed by atoms with Crippen LogP contribution >= 0.6 is 0 Å². The zero-order valence-electron chi connectivity index (χ0n) is 14.0. The van der Waals surface area contributed by atoms with Gasteiger partial charge < -0.3 is 14.6 Å². The van der Waals surface area contributed by atoms with E-state index in [1.807, 2.05) is 11.7 Å². The maximum Gasteiger partial charge on any atom is 0.0901 e. The molecule has 0 spiro atoms. The number of nitrogens with zero attached hydrogens (tertiary/aromatic N) is 3. The molecule has 1 N–H and O–H groups in total. The third-order valence-electron chi connectivity index (χ3n) is 4.83. The fourth-order valence-electron chi connectivity index (χ4n) is 3.43. The highest BCUT2D eigenvalue weighted by Gasteiger charge is 2.33. The van der Waals surface area contributed by atoms with Gasteiger partial charge in [0.1, 0.15) is 0 Å². The average molecular weight is 302 g/mol. The van der Waals surface area contributed by atoms with Crippen LogP contribution in [0.1, 0.15) is 35.2 Å². The highest BCUT2D eigenvalue weighted by molar-refractivity contribution is 5.28. The second kappa shape index (κ2) is 6.26. The zero-order valence-corrected chi connectivity index (χ0v) is 14.0. The SMILES string of the molecule is Cc1nn(C)c(C)c1[C@@H]1OCC[C@@H]1CNCc1cccn1C. The van der Waals surface area contributed by atoms with Crippen molar-refractivity contribution in [1.82, 2.24) is 19.7 Å². The molecule has 2 atom stereocenters. The van der Waals surface area contributed by atoms with E-state index >= 15 is 0 Å². The van der Waals surface area contributed by atoms with Crippen LogP contribution in [-0.4, -0.2) is 27.5 Å². The molecule has 0 saturated carbocycles. The summed E-state index contributed by atoms with van der Waals surface area (Å²) in [6.45, 7) is 6.93. The first kappa shape index (κ1) is 15.3. The Morgan fingerprint density at radius 2 is 2.18 bits per heavy atom. The van der Waals surface area contributed by atoms with Crippen LogP contribution in [0.4, 0.5) is 0 Å². The van der Waals surface area contributed by atoms with Crippen molar-refractivity contribution in [3.05, 3.63) is 41.0 Å². The van der Waals surface area contributed by atoms with Crippen molar-refractivity contribution in [3.63, 3.8) is 0 Å². The molecule has 120 valence electrons. The van der Waals surface area contributed by atoms with Crippen LogP contribution in [0.15, 0.2) is 18.3 Å². The largest absolute Gasteiger partial charge is 0.373 e. The van der Waals surface area contributed by atoms with Crippen LogP contribution in [0.2, 0.25) is 0 Å². The van der Waals surface area contributed by atoms with Crippen LogP contribution in [0.25, 0.3) is 0 Å². The molecule has 0 aromatic carbocycles. The lowest BCUT2D eigenvalue weighted by atomic mass is 9.94. The molecule has 0 aliphatic carbocycles. The minimum absolute atomic E-state index is 0.176. The van der Waals surface area contributed by atoms with E-state index in [-0.39, 0.29) is 6.10 Å². The Morgan fingerprint density at radius 1 is 1.36 bits per heavy atom. The lowest BCUT2D eigenvalue weighted by molar-refractivity contribution is 0.0893. The van der Waals surface area contributed by atoms with Crippen molar-refractivity contribution in [1.29, 1.82) is 0 Å². The summed E-state index contributed by atoms with van der Waals surface area (Å²) in [5.74, 6) is 0.516. The van der Waals surface area contributed by atoms with Crippen molar-refractivity contribution in [2.45, 2.75) is 32.9 Å². The zero-order chi connectivity index (χ0) is 15.7. The number of hydrogen-bond acceptors (Lipinski definition) is 3. The van der Waals surface area contributed by atoms with Crippen molar-refractivity contribution < 1.29 is 4.74 Å². The lowest BCUT2D eigenvalue weighted by Crippen LogP contribution is -2.25. The molecule has 1 saturated heterocycles. The molecule has 1 aliphatic heterocycles. The third kappa shape index (κ3) is 2.83. The molecule has 3 heterocycles. The summed E-state index contributed by atoms with van der Waals surface area (Å²) < 4.78 is 10.2. The molecule has 0 unspecified atom stereocenters. The number of ether oxygens (including phenoxy) is 1. The minimum atomic E-state index is 0.176. The van der Waals surface area contributed by atoms with Gasteiger partial charge in [0.2, 0.25) is 0 Å². The fourth-order valence-corrected chi connectivity index (χ4v) is 3.43. The summed E-state index contributed by atoms with van der Waals surface area (Å²) >= 11 is 0. The van der Waals surface area contributed by atoms with Gasteiger partial charge in [-0.15, -0.1) is 0 Å². The second-order valence-corrected chi connectivity index (χ2v) is 6.29. The van der Waals surface area contributed by atoms with Gasteiger partial charge in [0.15, 0.2) is 0 Å². The van der Waals surface area contributed by atoms with E-state index in [0.717, 1.165) is 31.8 Å². The number of aromatic nitrogens is 3. The molecule has 0 radical (unpaired) electrons. The minimum Gasteiger partial charge on any atom is -0.373 e. The average Bonchev–Trinajstić information content (AvgIpc) is 3.14. The van der Waals surface area contributed by atoms with E-state index < -0.39 is 0 Å². The molecule has 5 nitrogen and oxygen atoms in total. The Bertz CT molecular complexity index is 643. The van der Waals surface area contributed by atoms with Gasteiger partial charge in [-0.3, -0.25) is 4.68 Å². The van der Waals surface area contributed by atoms with Crippen LogP contribution in [0, 0.1) is 19.8 Å². The van der Waals surface area contributed by atoms with Gasteiger partial charge in [-0.05, 0) is 32.4 Å². The Hall–Kier alpha value is -1.59. The summed E-state index contributed by atoms with van der Waals surface area (Å²) in [5.41, 5.74) is 4.91. The molecule has 3 rings (SSSR count). The molecule has 1 fully saturated rings. The number of nitrogens with one attached hydrogen (secondary N) is 1. The van der Waals surface area contributed by atoms with E-state index in [1.165, 1.54) is 17.0 Å². The predicted octanol–water partition coefficient (Wildman–Crippen LogP) is 2.24. The Kier molecular flexibility index (Phi) is 4.36. The number of hydrogen-bond donors (Lipinski definition) is 1. The first-order chi connectivity index (χ1) is 10.6. The van der Waals surface area contributed by atoms with E-state index in [4.69, 9.17) is 4.74 Å². The van der Waals surface area contributed by atoms with Gasteiger partial charge in [0, 0.05) is 62.9 Å². The van der Waals surface area contributed by atoms with Crippen molar-refractivity contribution in [3.8, 4) is 0 Å².